The zero-order valence-electron chi connectivity index (χ0n) is 15.5. The third-order valence-corrected chi connectivity index (χ3v) is 6.76. The monoisotopic (exact) mass is 530 g/mol. The van der Waals surface area contributed by atoms with Crippen LogP contribution in [0.4, 0.5) is 4.39 Å². The molecule has 10 heteroatoms. The summed E-state index contributed by atoms with van der Waals surface area (Å²) in [6.45, 7) is 4.48. The SMILES string of the molecule is CCNC(=NCCS(=O)(=O)N1CCSCC1)NCCc1ccccc1F.I. The minimum Gasteiger partial charge on any atom is -0.357 e. The van der Waals surface area contributed by atoms with Gasteiger partial charge in [-0.1, -0.05) is 18.2 Å². The first-order valence-corrected chi connectivity index (χ1v) is 11.6. The Labute approximate surface area is 182 Å². The fourth-order valence-corrected chi connectivity index (χ4v) is 5.04. The maximum absolute atomic E-state index is 13.6. The summed E-state index contributed by atoms with van der Waals surface area (Å²) in [5.41, 5.74) is 0.640. The molecule has 0 aliphatic carbocycles. The summed E-state index contributed by atoms with van der Waals surface area (Å²) in [6, 6.07) is 6.67. The first-order valence-electron chi connectivity index (χ1n) is 8.84. The molecule has 0 bridgehead atoms. The van der Waals surface area contributed by atoms with Crippen LogP contribution in [-0.2, 0) is 16.4 Å². The standard InChI is InChI=1S/C17H27FN4O2S2.HI/c1-2-19-17(20-8-7-15-5-3-4-6-16(15)18)21-9-14-26(23,24)22-10-12-25-13-11-22;/h3-6H,2,7-14H2,1H3,(H2,19,20,21);1H. The van der Waals surface area contributed by atoms with Crippen LogP contribution in [-0.4, -0.2) is 68.7 Å². The largest absolute Gasteiger partial charge is 0.357 e. The molecule has 1 fully saturated rings. The fraction of sp³-hybridized carbons (Fsp3) is 0.588. The van der Waals surface area contributed by atoms with Crippen molar-refractivity contribution in [2.24, 2.45) is 4.99 Å². The van der Waals surface area contributed by atoms with Crippen LogP contribution >= 0.6 is 35.7 Å². The van der Waals surface area contributed by atoms with Gasteiger partial charge in [-0.05, 0) is 25.0 Å². The Kier molecular flexibility index (Phi) is 11.6. The van der Waals surface area contributed by atoms with E-state index in [2.05, 4.69) is 15.6 Å². The lowest BCUT2D eigenvalue weighted by Gasteiger charge is -2.25. The first-order chi connectivity index (χ1) is 12.5. The lowest BCUT2D eigenvalue weighted by molar-refractivity contribution is 0.444. The highest BCUT2D eigenvalue weighted by Gasteiger charge is 2.23. The van der Waals surface area contributed by atoms with Gasteiger partial charge in [0.1, 0.15) is 5.82 Å². The third kappa shape index (κ3) is 8.53. The van der Waals surface area contributed by atoms with Gasteiger partial charge in [0.2, 0.25) is 10.0 Å². The highest BCUT2D eigenvalue weighted by atomic mass is 127. The smallest absolute Gasteiger partial charge is 0.215 e. The van der Waals surface area contributed by atoms with E-state index < -0.39 is 10.0 Å². The average molecular weight is 530 g/mol. The number of hydrogen-bond donors (Lipinski definition) is 2. The zero-order chi connectivity index (χ0) is 18.8. The molecule has 1 heterocycles. The van der Waals surface area contributed by atoms with Gasteiger partial charge in [-0.2, -0.15) is 11.8 Å². The number of hydrogen-bond acceptors (Lipinski definition) is 4. The molecule has 1 aliphatic heterocycles. The zero-order valence-corrected chi connectivity index (χ0v) is 19.5. The van der Waals surface area contributed by atoms with E-state index in [1.165, 1.54) is 6.07 Å². The normalized spacial score (nSPS) is 15.9. The van der Waals surface area contributed by atoms with Gasteiger partial charge in [0.05, 0.1) is 12.3 Å². The van der Waals surface area contributed by atoms with E-state index in [1.54, 1.807) is 28.2 Å². The second kappa shape index (κ2) is 12.8. The van der Waals surface area contributed by atoms with Crippen LogP contribution < -0.4 is 10.6 Å². The quantitative estimate of drug-likeness (QED) is 0.305. The van der Waals surface area contributed by atoms with Crippen LogP contribution in [0.3, 0.4) is 0 Å². The molecule has 154 valence electrons. The Hall–Kier alpha value is -0.590. The second-order valence-corrected chi connectivity index (χ2v) is 9.17. The molecule has 1 saturated heterocycles. The van der Waals surface area contributed by atoms with Crippen LogP contribution in [0.15, 0.2) is 29.3 Å². The number of sulfonamides is 1. The average Bonchev–Trinajstić information content (AvgIpc) is 2.64. The molecule has 0 spiro atoms. The van der Waals surface area contributed by atoms with Crippen molar-refractivity contribution in [3.05, 3.63) is 35.6 Å². The number of nitrogens with zero attached hydrogens (tertiary/aromatic N) is 2. The summed E-state index contributed by atoms with van der Waals surface area (Å²) in [4.78, 5) is 4.34. The predicted octanol–water partition coefficient (Wildman–Crippen LogP) is 1.92. The molecule has 27 heavy (non-hydrogen) atoms. The Morgan fingerprint density at radius 3 is 2.63 bits per heavy atom. The van der Waals surface area contributed by atoms with Gasteiger partial charge in [-0.15, -0.1) is 24.0 Å². The van der Waals surface area contributed by atoms with Gasteiger partial charge < -0.3 is 10.6 Å². The van der Waals surface area contributed by atoms with Crippen molar-refractivity contribution in [1.29, 1.82) is 0 Å². The van der Waals surface area contributed by atoms with Crippen molar-refractivity contribution >= 4 is 51.7 Å². The second-order valence-electron chi connectivity index (χ2n) is 5.86. The minimum absolute atomic E-state index is 0. The maximum Gasteiger partial charge on any atom is 0.215 e. The molecule has 6 nitrogen and oxygen atoms in total. The van der Waals surface area contributed by atoms with Gasteiger partial charge in [-0.3, -0.25) is 4.99 Å². The van der Waals surface area contributed by atoms with Crippen molar-refractivity contribution in [2.75, 3.05) is 50.0 Å². The molecule has 0 amide bonds. The lowest BCUT2D eigenvalue weighted by Crippen LogP contribution is -2.41. The molecule has 0 atom stereocenters. The van der Waals surface area contributed by atoms with Crippen molar-refractivity contribution in [3.63, 3.8) is 0 Å². The van der Waals surface area contributed by atoms with Crippen molar-refractivity contribution in [3.8, 4) is 0 Å². The number of nitrogens with one attached hydrogen (secondary N) is 2. The van der Waals surface area contributed by atoms with Crippen LogP contribution in [0.2, 0.25) is 0 Å². The Morgan fingerprint density at radius 1 is 1.26 bits per heavy atom. The molecule has 1 aliphatic rings. The first kappa shape index (κ1) is 24.4. The van der Waals surface area contributed by atoms with Crippen LogP contribution in [0.1, 0.15) is 12.5 Å². The maximum atomic E-state index is 13.6. The van der Waals surface area contributed by atoms with Crippen LogP contribution in [0.25, 0.3) is 0 Å². The molecule has 2 N–H and O–H groups in total. The van der Waals surface area contributed by atoms with Crippen molar-refractivity contribution in [2.45, 2.75) is 13.3 Å². The molecule has 0 aromatic heterocycles. The van der Waals surface area contributed by atoms with E-state index in [4.69, 9.17) is 0 Å². The van der Waals surface area contributed by atoms with E-state index in [0.717, 1.165) is 11.5 Å². The van der Waals surface area contributed by atoms with Crippen molar-refractivity contribution in [1.82, 2.24) is 14.9 Å². The predicted molar refractivity (Wildman–Crippen MR) is 122 cm³/mol. The summed E-state index contributed by atoms with van der Waals surface area (Å²) >= 11 is 1.78. The number of halogens is 2. The van der Waals surface area contributed by atoms with E-state index in [9.17, 15) is 12.8 Å². The molecule has 0 unspecified atom stereocenters. The topological polar surface area (TPSA) is 73.8 Å². The number of aliphatic imine (C=N–C) groups is 1. The Morgan fingerprint density at radius 2 is 1.96 bits per heavy atom. The number of guanidine groups is 1. The molecular weight excluding hydrogens is 502 g/mol. The highest BCUT2D eigenvalue weighted by Crippen LogP contribution is 2.13. The van der Waals surface area contributed by atoms with Crippen LogP contribution in [0.5, 0.6) is 0 Å². The minimum atomic E-state index is -3.26. The summed E-state index contributed by atoms with van der Waals surface area (Å²) in [5, 5.41) is 6.21. The van der Waals surface area contributed by atoms with E-state index >= 15 is 0 Å². The lowest BCUT2D eigenvalue weighted by atomic mass is 10.1. The van der Waals surface area contributed by atoms with Crippen LogP contribution in [0, 0.1) is 5.82 Å². The molecule has 1 aromatic rings. The van der Waals surface area contributed by atoms with Gasteiger partial charge in [-0.25, -0.2) is 17.1 Å². The summed E-state index contributed by atoms with van der Waals surface area (Å²) in [7, 11) is -3.26. The number of thioether (sulfide) groups is 1. The molecular formula is C17H28FIN4O2S2. The van der Waals surface area contributed by atoms with Gasteiger partial charge in [0.15, 0.2) is 5.96 Å². The molecule has 2 rings (SSSR count). The summed E-state index contributed by atoms with van der Waals surface area (Å²) in [6.07, 6.45) is 0.529. The Bertz CT molecular complexity index is 698. The van der Waals surface area contributed by atoms with E-state index in [0.29, 0.717) is 44.1 Å². The van der Waals surface area contributed by atoms with Crippen molar-refractivity contribution < 1.29 is 12.8 Å². The van der Waals surface area contributed by atoms with E-state index in [-0.39, 0.29) is 42.1 Å². The molecule has 0 radical (unpaired) electrons. The summed E-state index contributed by atoms with van der Waals surface area (Å²) in [5.74, 6) is 2.03. The Balaban J connectivity index is 0.00000364. The third-order valence-electron chi connectivity index (χ3n) is 3.97. The summed E-state index contributed by atoms with van der Waals surface area (Å²) < 4.78 is 39.8. The van der Waals surface area contributed by atoms with Gasteiger partial charge in [0.25, 0.3) is 0 Å². The molecule has 1 aromatic carbocycles. The fourth-order valence-electron chi connectivity index (χ4n) is 2.59. The number of benzene rings is 1. The molecule has 0 saturated carbocycles. The van der Waals surface area contributed by atoms with Gasteiger partial charge >= 0.3 is 0 Å². The highest BCUT2D eigenvalue weighted by molar-refractivity contribution is 14.0. The van der Waals surface area contributed by atoms with Gasteiger partial charge in [0, 0.05) is 37.7 Å². The number of rotatable bonds is 8. The van der Waals surface area contributed by atoms with E-state index in [1.807, 2.05) is 13.0 Å².